The van der Waals surface area contributed by atoms with Crippen molar-refractivity contribution in [3.8, 4) is 0 Å². The average Bonchev–Trinajstić information content (AvgIpc) is 2.60. The van der Waals surface area contributed by atoms with Crippen LogP contribution in [0.2, 0.25) is 0 Å². The molecule has 0 aromatic heterocycles. The minimum absolute atomic E-state index is 0.0688. The molecule has 0 heterocycles. The predicted octanol–water partition coefficient (Wildman–Crippen LogP) is 1.98. The first kappa shape index (κ1) is 17.8. The number of rotatable bonds is 6. The maximum Gasteiger partial charge on any atom is 0.269 e. The number of thiocarbonyl (C=S) groups is 1. The maximum absolute atomic E-state index is 10.7. The second-order valence-electron chi connectivity index (χ2n) is 5.05. The van der Waals surface area contributed by atoms with Gasteiger partial charge in [-0.05, 0) is 42.0 Å². The van der Waals surface area contributed by atoms with Crippen LogP contribution in [0.25, 0.3) is 0 Å². The lowest BCUT2D eigenvalue weighted by atomic mass is 10.0. The smallest absolute Gasteiger partial charge is 0.269 e. The van der Waals surface area contributed by atoms with E-state index in [1.54, 1.807) is 0 Å². The number of benzene rings is 2. The van der Waals surface area contributed by atoms with Gasteiger partial charge in [0.2, 0.25) is 0 Å². The normalized spacial score (nSPS) is 12.9. The molecule has 7 nitrogen and oxygen atoms in total. The molecule has 126 valence electrons. The highest BCUT2D eigenvalue weighted by Crippen LogP contribution is 2.20. The summed E-state index contributed by atoms with van der Waals surface area (Å²) >= 11 is 5.17. The molecule has 0 spiro atoms. The van der Waals surface area contributed by atoms with Gasteiger partial charge in [0, 0.05) is 17.8 Å². The van der Waals surface area contributed by atoms with E-state index < -0.39 is 17.1 Å². The summed E-state index contributed by atoms with van der Waals surface area (Å²) in [6.45, 7) is -0.366. The largest absolute Gasteiger partial charge is 0.394 e. The molecule has 2 aromatic carbocycles. The van der Waals surface area contributed by atoms with E-state index >= 15 is 0 Å². The van der Waals surface area contributed by atoms with Crippen molar-refractivity contribution in [3.63, 3.8) is 0 Å². The van der Waals surface area contributed by atoms with Crippen molar-refractivity contribution in [2.75, 3.05) is 11.9 Å². The highest BCUT2D eigenvalue weighted by molar-refractivity contribution is 7.80. The van der Waals surface area contributed by atoms with Crippen molar-refractivity contribution in [2.45, 2.75) is 12.1 Å². The Balaban J connectivity index is 2.01. The summed E-state index contributed by atoms with van der Waals surface area (Å²) in [4.78, 5) is 10.1. The molecule has 2 aromatic rings. The number of nitro benzene ring substituents is 1. The van der Waals surface area contributed by atoms with Crippen LogP contribution in [-0.2, 0) is 0 Å². The summed E-state index contributed by atoms with van der Waals surface area (Å²) in [5, 5.41) is 36.5. The van der Waals surface area contributed by atoms with Gasteiger partial charge in [0.15, 0.2) is 5.11 Å². The quantitative estimate of drug-likeness (QED) is 0.359. The van der Waals surface area contributed by atoms with Crippen LogP contribution in [0.4, 0.5) is 11.4 Å². The van der Waals surface area contributed by atoms with Crippen molar-refractivity contribution < 1.29 is 15.1 Å². The first-order valence-corrected chi connectivity index (χ1v) is 7.58. The first-order chi connectivity index (χ1) is 11.5. The number of nitro groups is 1. The summed E-state index contributed by atoms with van der Waals surface area (Å²) in [6.07, 6.45) is -1.08. The molecule has 8 heteroatoms. The molecule has 0 saturated heterocycles. The molecule has 2 atom stereocenters. The van der Waals surface area contributed by atoms with Gasteiger partial charge in [0.05, 0.1) is 17.6 Å². The Morgan fingerprint density at radius 1 is 1.17 bits per heavy atom. The number of anilines is 1. The van der Waals surface area contributed by atoms with Crippen molar-refractivity contribution in [3.05, 3.63) is 70.3 Å². The van der Waals surface area contributed by atoms with E-state index in [2.05, 4.69) is 10.6 Å². The number of hydrogen-bond acceptors (Lipinski definition) is 5. The van der Waals surface area contributed by atoms with Gasteiger partial charge in [-0.25, -0.2) is 0 Å². The van der Waals surface area contributed by atoms with Crippen LogP contribution in [0.15, 0.2) is 54.6 Å². The average molecular weight is 347 g/mol. The Bertz CT molecular complexity index is 694. The van der Waals surface area contributed by atoms with Crippen molar-refractivity contribution in [1.82, 2.24) is 5.32 Å². The molecule has 4 N–H and O–H groups in total. The van der Waals surface area contributed by atoms with E-state index in [9.17, 15) is 20.3 Å². The van der Waals surface area contributed by atoms with E-state index in [0.717, 1.165) is 5.69 Å². The molecule has 0 radical (unpaired) electrons. The van der Waals surface area contributed by atoms with Gasteiger partial charge in [0.25, 0.3) is 5.69 Å². The van der Waals surface area contributed by atoms with E-state index in [1.807, 2.05) is 30.3 Å². The van der Waals surface area contributed by atoms with Crippen molar-refractivity contribution >= 4 is 28.7 Å². The SMILES string of the molecule is O=[N+]([O-])c1ccc([C@@H](O)[C@H](CO)NC(=S)Nc2ccccc2)cc1. The number of hydrogen-bond donors (Lipinski definition) is 4. The maximum atomic E-state index is 10.7. The zero-order chi connectivity index (χ0) is 17.5. The lowest BCUT2D eigenvalue weighted by Crippen LogP contribution is -2.43. The Labute approximate surface area is 144 Å². The Hall–Kier alpha value is -2.55. The first-order valence-electron chi connectivity index (χ1n) is 7.17. The molecule has 0 amide bonds. The lowest BCUT2D eigenvalue weighted by Gasteiger charge is -2.24. The standard InChI is InChI=1S/C16H17N3O4S/c20-10-14(18-16(24)17-12-4-2-1-3-5-12)15(21)11-6-8-13(9-7-11)19(22)23/h1-9,14-15,20-21H,10H2,(H2,17,18,24)/t14-,15+/m0/s1. The Kier molecular flexibility index (Phi) is 6.19. The van der Waals surface area contributed by atoms with Crippen LogP contribution in [0, 0.1) is 10.1 Å². The van der Waals surface area contributed by atoms with Crippen LogP contribution in [0.5, 0.6) is 0 Å². The zero-order valence-electron chi connectivity index (χ0n) is 12.6. The molecule has 0 unspecified atom stereocenters. The molecular weight excluding hydrogens is 330 g/mol. The van der Waals surface area contributed by atoms with Crippen LogP contribution >= 0.6 is 12.2 Å². The second-order valence-corrected chi connectivity index (χ2v) is 5.46. The molecule has 0 aliphatic carbocycles. The van der Waals surface area contributed by atoms with Crippen LogP contribution in [0.1, 0.15) is 11.7 Å². The van der Waals surface area contributed by atoms with Crippen LogP contribution in [0.3, 0.4) is 0 Å². The van der Waals surface area contributed by atoms with Gasteiger partial charge in [-0.15, -0.1) is 0 Å². The summed E-state index contributed by atoms with van der Waals surface area (Å²) in [5.41, 5.74) is 1.15. The van der Waals surface area contributed by atoms with Crippen LogP contribution < -0.4 is 10.6 Å². The third-order valence-corrected chi connectivity index (χ3v) is 3.59. The van der Waals surface area contributed by atoms with Gasteiger partial charge in [-0.1, -0.05) is 18.2 Å². The highest BCUT2D eigenvalue weighted by Gasteiger charge is 2.21. The van der Waals surface area contributed by atoms with Gasteiger partial charge in [0.1, 0.15) is 6.10 Å². The number of para-hydroxylation sites is 1. The van der Waals surface area contributed by atoms with Crippen molar-refractivity contribution in [1.29, 1.82) is 0 Å². The molecule has 0 bridgehead atoms. The van der Waals surface area contributed by atoms with Gasteiger partial charge < -0.3 is 20.8 Å². The summed E-state index contributed by atoms with van der Waals surface area (Å²) in [6, 6.07) is 14.0. The molecule has 24 heavy (non-hydrogen) atoms. The third-order valence-electron chi connectivity index (χ3n) is 3.37. The lowest BCUT2D eigenvalue weighted by molar-refractivity contribution is -0.384. The van der Waals surface area contributed by atoms with E-state index in [-0.39, 0.29) is 17.4 Å². The number of aliphatic hydroxyl groups is 2. The summed E-state index contributed by atoms with van der Waals surface area (Å²) in [5.74, 6) is 0. The fourth-order valence-corrected chi connectivity index (χ4v) is 2.38. The monoisotopic (exact) mass is 347 g/mol. The van der Waals surface area contributed by atoms with Crippen molar-refractivity contribution in [2.24, 2.45) is 0 Å². The molecular formula is C16H17N3O4S. The number of nitrogens with one attached hydrogen (secondary N) is 2. The Morgan fingerprint density at radius 3 is 2.33 bits per heavy atom. The topological polar surface area (TPSA) is 108 Å². The molecule has 0 aliphatic heterocycles. The fourth-order valence-electron chi connectivity index (χ4n) is 2.11. The number of non-ortho nitro benzene ring substituents is 1. The number of aliphatic hydroxyl groups excluding tert-OH is 2. The highest BCUT2D eigenvalue weighted by atomic mass is 32.1. The predicted molar refractivity (Wildman–Crippen MR) is 94.7 cm³/mol. The number of nitrogens with zero attached hydrogens (tertiary/aromatic N) is 1. The van der Waals surface area contributed by atoms with Gasteiger partial charge in [-0.3, -0.25) is 10.1 Å². The summed E-state index contributed by atoms with van der Waals surface area (Å²) in [7, 11) is 0. The minimum atomic E-state index is -1.08. The molecule has 0 fully saturated rings. The third kappa shape index (κ3) is 4.72. The van der Waals surface area contributed by atoms with E-state index in [0.29, 0.717) is 5.56 Å². The second kappa shape index (κ2) is 8.34. The molecule has 0 aliphatic rings. The van der Waals surface area contributed by atoms with Gasteiger partial charge in [-0.2, -0.15) is 0 Å². The minimum Gasteiger partial charge on any atom is -0.394 e. The van der Waals surface area contributed by atoms with E-state index in [4.69, 9.17) is 12.2 Å². The van der Waals surface area contributed by atoms with Crippen LogP contribution in [-0.4, -0.2) is 32.9 Å². The van der Waals surface area contributed by atoms with E-state index in [1.165, 1.54) is 24.3 Å². The summed E-state index contributed by atoms with van der Waals surface area (Å²) < 4.78 is 0. The van der Waals surface area contributed by atoms with Gasteiger partial charge >= 0.3 is 0 Å². The zero-order valence-corrected chi connectivity index (χ0v) is 13.4. The fraction of sp³-hybridized carbons (Fsp3) is 0.188. The molecule has 0 saturated carbocycles. The molecule has 2 rings (SSSR count). The Morgan fingerprint density at radius 2 is 1.79 bits per heavy atom.